The molecule has 0 aliphatic rings. The van der Waals surface area contributed by atoms with E-state index in [1.807, 2.05) is 39.0 Å². The van der Waals surface area contributed by atoms with Crippen molar-refractivity contribution in [1.82, 2.24) is 0 Å². The molecule has 3 heteroatoms. The summed E-state index contributed by atoms with van der Waals surface area (Å²) >= 11 is 0. The fraction of sp³-hybridized carbons (Fsp3) is 0.538. The van der Waals surface area contributed by atoms with Gasteiger partial charge < -0.3 is 15.2 Å². The average Bonchev–Trinajstić information content (AvgIpc) is 2.24. The van der Waals surface area contributed by atoms with Crippen LogP contribution < -0.4 is 10.5 Å². The molecule has 0 amide bonds. The molecule has 1 atom stereocenters. The highest BCUT2D eigenvalue weighted by Crippen LogP contribution is 2.24. The highest BCUT2D eigenvalue weighted by molar-refractivity contribution is 5.38. The maximum Gasteiger partial charge on any atom is 0.124 e. The molecule has 1 aromatic carbocycles. The summed E-state index contributed by atoms with van der Waals surface area (Å²) in [6, 6.07) is 6.08. The van der Waals surface area contributed by atoms with E-state index in [1.54, 1.807) is 0 Å². The van der Waals surface area contributed by atoms with E-state index in [2.05, 4.69) is 0 Å². The van der Waals surface area contributed by atoms with Crippen molar-refractivity contribution in [3.8, 4) is 5.75 Å². The van der Waals surface area contributed by atoms with Gasteiger partial charge in [0.25, 0.3) is 0 Å². The quantitative estimate of drug-likeness (QED) is 0.753. The first-order valence-corrected chi connectivity index (χ1v) is 5.71. The number of aryl methyl sites for hydroxylation is 1. The van der Waals surface area contributed by atoms with Gasteiger partial charge in [0, 0.05) is 18.2 Å². The minimum atomic E-state index is -0.0114. The summed E-state index contributed by atoms with van der Waals surface area (Å²) in [6.45, 7) is 7.87. The number of hydrogen-bond donors (Lipinski definition) is 1. The fourth-order valence-corrected chi connectivity index (χ4v) is 1.50. The minimum Gasteiger partial charge on any atom is -0.491 e. The molecule has 1 aromatic rings. The van der Waals surface area contributed by atoms with E-state index in [4.69, 9.17) is 15.2 Å². The zero-order chi connectivity index (χ0) is 12.0. The van der Waals surface area contributed by atoms with Crippen molar-refractivity contribution < 1.29 is 9.47 Å². The molecular weight excluding hydrogens is 202 g/mol. The molecule has 0 spiro atoms. The average molecular weight is 223 g/mol. The molecule has 0 heterocycles. The van der Waals surface area contributed by atoms with Crippen LogP contribution in [0.2, 0.25) is 0 Å². The van der Waals surface area contributed by atoms with Crippen LogP contribution in [-0.4, -0.2) is 19.8 Å². The lowest BCUT2D eigenvalue weighted by Crippen LogP contribution is -2.11. The molecule has 0 aromatic heterocycles. The van der Waals surface area contributed by atoms with Crippen LogP contribution in [0.5, 0.6) is 5.75 Å². The molecule has 16 heavy (non-hydrogen) atoms. The van der Waals surface area contributed by atoms with Crippen molar-refractivity contribution >= 4 is 0 Å². The van der Waals surface area contributed by atoms with Gasteiger partial charge in [-0.3, -0.25) is 0 Å². The summed E-state index contributed by atoms with van der Waals surface area (Å²) < 4.78 is 10.9. The first-order valence-electron chi connectivity index (χ1n) is 5.71. The summed E-state index contributed by atoms with van der Waals surface area (Å²) in [5.74, 6) is 0.870. The van der Waals surface area contributed by atoms with Gasteiger partial charge in [-0.15, -0.1) is 0 Å². The highest BCUT2D eigenvalue weighted by Gasteiger charge is 2.07. The standard InChI is InChI=1S/C13H21NO2/c1-4-15-7-8-16-13-9-10(2)5-6-12(13)11(3)14/h5-6,9,11H,4,7-8,14H2,1-3H3. The molecule has 1 rings (SSSR count). The van der Waals surface area contributed by atoms with Gasteiger partial charge in [0.2, 0.25) is 0 Å². The van der Waals surface area contributed by atoms with E-state index < -0.39 is 0 Å². The Morgan fingerprint density at radius 2 is 2.06 bits per heavy atom. The smallest absolute Gasteiger partial charge is 0.124 e. The van der Waals surface area contributed by atoms with E-state index in [9.17, 15) is 0 Å². The van der Waals surface area contributed by atoms with Crippen molar-refractivity contribution in [2.45, 2.75) is 26.8 Å². The Hall–Kier alpha value is -1.06. The summed E-state index contributed by atoms with van der Waals surface area (Å²) in [6.07, 6.45) is 0. The third kappa shape index (κ3) is 3.83. The van der Waals surface area contributed by atoms with E-state index in [1.165, 1.54) is 5.56 Å². The Bertz CT molecular complexity index is 324. The van der Waals surface area contributed by atoms with Crippen molar-refractivity contribution in [1.29, 1.82) is 0 Å². The van der Waals surface area contributed by atoms with Gasteiger partial charge in [-0.2, -0.15) is 0 Å². The van der Waals surface area contributed by atoms with Crippen LogP contribution >= 0.6 is 0 Å². The monoisotopic (exact) mass is 223 g/mol. The fourth-order valence-electron chi connectivity index (χ4n) is 1.50. The topological polar surface area (TPSA) is 44.5 Å². The molecule has 90 valence electrons. The number of hydrogen-bond acceptors (Lipinski definition) is 3. The van der Waals surface area contributed by atoms with Crippen LogP contribution in [0.1, 0.15) is 31.0 Å². The molecule has 0 bridgehead atoms. The lowest BCUT2D eigenvalue weighted by molar-refractivity contribution is 0.109. The molecule has 0 radical (unpaired) electrons. The number of ether oxygens (including phenoxy) is 2. The van der Waals surface area contributed by atoms with Crippen LogP contribution in [0.15, 0.2) is 18.2 Å². The third-order valence-electron chi connectivity index (χ3n) is 2.35. The second-order valence-electron chi connectivity index (χ2n) is 3.88. The molecule has 0 saturated heterocycles. The zero-order valence-corrected chi connectivity index (χ0v) is 10.3. The van der Waals surface area contributed by atoms with Crippen LogP contribution in [0.3, 0.4) is 0 Å². The molecule has 0 fully saturated rings. The second-order valence-corrected chi connectivity index (χ2v) is 3.88. The lowest BCUT2D eigenvalue weighted by atomic mass is 10.1. The normalized spacial score (nSPS) is 12.5. The van der Waals surface area contributed by atoms with Crippen LogP contribution in [0.4, 0.5) is 0 Å². The summed E-state index contributed by atoms with van der Waals surface area (Å²) in [5.41, 5.74) is 8.10. The Kier molecular flexibility index (Phi) is 5.29. The van der Waals surface area contributed by atoms with Gasteiger partial charge in [0.05, 0.1) is 6.61 Å². The molecule has 2 N–H and O–H groups in total. The Morgan fingerprint density at radius 3 is 2.69 bits per heavy atom. The van der Waals surface area contributed by atoms with Gasteiger partial charge in [-0.1, -0.05) is 12.1 Å². The molecule has 0 aliphatic carbocycles. The van der Waals surface area contributed by atoms with Crippen LogP contribution in [-0.2, 0) is 4.74 Å². The minimum absolute atomic E-state index is 0.0114. The number of benzene rings is 1. The summed E-state index contributed by atoms with van der Waals surface area (Å²) in [5, 5.41) is 0. The van der Waals surface area contributed by atoms with E-state index >= 15 is 0 Å². The first kappa shape index (κ1) is 13.0. The maximum atomic E-state index is 5.88. The van der Waals surface area contributed by atoms with Crippen molar-refractivity contribution in [2.75, 3.05) is 19.8 Å². The number of nitrogens with two attached hydrogens (primary N) is 1. The molecule has 1 unspecified atom stereocenters. The predicted molar refractivity (Wildman–Crippen MR) is 65.8 cm³/mol. The first-order chi connectivity index (χ1) is 7.65. The van der Waals surface area contributed by atoms with Gasteiger partial charge >= 0.3 is 0 Å². The lowest BCUT2D eigenvalue weighted by Gasteiger charge is -2.14. The largest absolute Gasteiger partial charge is 0.491 e. The van der Waals surface area contributed by atoms with E-state index in [0.717, 1.165) is 17.9 Å². The number of rotatable bonds is 6. The molecule has 3 nitrogen and oxygen atoms in total. The van der Waals surface area contributed by atoms with Gasteiger partial charge in [-0.25, -0.2) is 0 Å². The summed E-state index contributed by atoms with van der Waals surface area (Å²) in [7, 11) is 0. The second kappa shape index (κ2) is 6.51. The molecular formula is C13H21NO2. The maximum absolute atomic E-state index is 5.88. The molecule has 0 saturated carbocycles. The molecule has 0 aliphatic heterocycles. The van der Waals surface area contributed by atoms with E-state index in [0.29, 0.717) is 13.2 Å². The zero-order valence-electron chi connectivity index (χ0n) is 10.3. The van der Waals surface area contributed by atoms with Crippen molar-refractivity contribution in [2.24, 2.45) is 5.73 Å². The van der Waals surface area contributed by atoms with Crippen LogP contribution in [0, 0.1) is 6.92 Å². The van der Waals surface area contributed by atoms with Gasteiger partial charge in [0.15, 0.2) is 0 Å². The highest BCUT2D eigenvalue weighted by atomic mass is 16.5. The van der Waals surface area contributed by atoms with Crippen LogP contribution in [0.25, 0.3) is 0 Å². The third-order valence-corrected chi connectivity index (χ3v) is 2.35. The Morgan fingerprint density at radius 1 is 1.31 bits per heavy atom. The Labute approximate surface area is 97.6 Å². The predicted octanol–water partition coefficient (Wildman–Crippen LogP) is 2.43. The summed E-state index contributed by atoms with van der Waals surface area (Å²) in [4.78, 5) is 0. The SMILES string of the molecule is CCOCCOc1cc(C)ccc1C(C)N. The van der Waals surface area contributed by atoms with Gasteiger partial charge in [-0.05, 0) is 32.4 Å². The van der Waals surface area contributed by atoms with Crippen molar-refractivity contribution in [3.63, 3.8) is 0 Å². The van der Waals surface area contributed by atoms with Crippen molar-refractivity contribution in [3.05, 3.63) is 29.3 Å². The Balaban J connectivity index is 2.65. The van der Waals surface area contributed by atoms with Gasteiger partial charge in [0.1, 0.15) is 12.4 Å². The van der Waals surface area contributed by atoms with E-state index in [-0.39, 0.29) is 6.04 Å².